The fraction of sp³-hybridized carbons (Fsp3) is 0.167. The minimum Gasteiger partial charge on any atom is -0.398 e. The van der Waals surface area contributed by atoms with Gasteiger partial charge in [-0.1, -0.05) is 42.5 Å². The molecule has 1 saturated carbocycles. The smallest absolute Gasteiger partial charge is 0.0808 e. The van der Waals surface area contributed by atoms with Crippen LogP contribution >= 0.6 is 0 Å². The Labute approximate surface area is 158 Å². The molecule has 0 atom stereocenters. The lowest BCUT2D eigenvalue weighted by Crippen LogP contribution is -1.98. The maximum atomic E-state index is 6.49. The topological polar surface area (TPSA) is 51.8 Å². The van der Waals surface area contributed by atoms with E-state index in [1.807, 2.05) is 25.3 Å². The van der Waals surface area contributed by atoms with E-state index in [0.29, 0.717) is 5.92 Å². The summed E-state index contributed by atoms with van der Waals surface area (Å²) in [6.45, 7) is 2.03. The molecule has 1 aliphatic carbocycles. The zero-order chi connectivity index (χ0) is 18.4. The van der Waals surface area contributed by atoms with Crippen LogP contribution in [0.5, 0.6) is 0 Å². The molecular weight excluding hydrogens is 330 g/mol. The normalized spacial score (nSPS) is 13.8. The van der Waals surface area contributed by atoms with Gasteiger partial charge in [-0.15, -0.1) is 0 Å². The lowest BCUT2D eigenvalue weighted by Gasteiger charge is -2.14. The number of nitrogens with zero attached hydrogens (tertiary/aromatic N) is 2. The van der Waals surface area contributed by atoms with Gasteiger partial charge < -0.3 is 5.73 Å². The lowest BCUT2D eigenvalue weighted by molar-refractivity contribution is 1.13. The predicted octanol–water partition coefficient (Wildman–Crippen LogP) is 5.73. The molecular formula is C24H21N3. The number of nitrogens with two attached hydrogens (primary N) is 1. The number of aromatic nitrogens is 2. The molecule has 132 valence electrons. The summed E-state index contributed by atoms with van der Waals surface area (Å²) >= 11 is 0. The average molecular weight is 351 g/mol. The highest BCUT2D eigenvalue weighted by molar-refractivity contribution is 5.94. The second-order valence-electron chi connectivity index (χ2n) is 7.33. The van der Waals surface area contributed by atoms with Crippen molar-refractivity contribution in [3.63, 3.8) is 0 Å². The van der Waals surface area contributed by atoms with Crippen LogP contribution in [-0.4, -0.2) is 9.97 Å². The summed E-state index contributed by atoms with van der Waals surface area (Å²) in [6, 6.07) is 21.0. The van der Waals surface area contributed by atoms with Crippen molar-refractivity contribution in [2.45, 2.75) is 25.7 Å². The predicted molar refractivity (Wildman–Crippen MR) is 112 cm³/mol. The largest absolute Gasteiger partial charge is 0.398 e. The molecule has 1 fully saturated rings. The third-order valence-corrected chi connectivity index (χ3v) is 5.41. The number of benzene rings is 2. The van der Waals surface area contributed by atoms with Gasteiger partial charge in [-0.3, -0.25) is 4.98 Å². The molecule has 27 heavy (non-hydrogen) atoms. The molecule has 0 amide bonds. The van der Waals surface area contributed by atoms with Crippen LogP contribution in [0.1, 0.15) is 30.0 Å². The van der Waals surface area contributed by atoms with Crippen molar-refractivity contribution in [2.24, 2.45) is 0 Å². The van der Waals surface area contributed by atoms with E-state index >= 15 is 0 Å². The molecule has 3 nitrogen and oxygen atoms in total. The molecule has 2 aromatic heterocycles. The SMILES string of the molecule is Cc1nccc2nc(-c3ccc(C4CC4)cc3N)c(-c3ccccc3)cc12. The summed E-state index contributed by atoms with van der Waals surface area (Å²) < 4.78 is 0. The molecule has 0 bridgehead atoms. The van der Waals surface area contributed by atoms with E-state index in [1.165, 1.54) is 18.4 Å². The van der Waals surface area contributed by atoms with E-state index in [2.05, 4.69) is 53.5 Å². The minimum absolute atomic E-state index is 0.688. The van der Waals surface area contributed by atoms with E-state index in [1.54, 1.807) is 0 Å². The first-order valence-corrected chi connectivity index (χ1v) is 9.42. The Bertz CT molecular complexity index is 1150. The number of hydrogen-bond donors (Lipinski definition) is 1. The lowest BCUT2D eigenvalue weighted by atomic mass is 9.95. The average Bonchev–Trinajstić information content (AvgIpc) is 3.53. The van der Waals surface area contributed by atoms with E-state index < -0.39 is 0 Å². The van der Waals surface area contributed by atoms with Crippen LogP contribution in [0.4, 0.5) is 5.69 Å². The Morgan fingerprint density at radius 3 is 2.48 bits per heavy atom. The van der Waals surface area contributed by atoms with Crippen molar-refractivity contribution < 1.29 is 0 Å². The summed E-state index contributed by atoms with van der Waals surface area (Å²) in [5.41, 5.74) is 14.7. The van der Waals surface area contributed by atoms with Crippen LogP contribution in [0.25, 0.3) is 33.3 Å². The Morgan fingerprint density at radius 2 is 1.74 bits per heavy atom. The molecule has 0 aliphatic heterocycles. The van der Waals surface area contributed by atoms with E-state index in [9.17, 15) is 0 Å². The van der Waals surface area contributed by atoms with Crippen molar-refractivity contribution in [1.82, 2.24) is 9.97 Å². The summed E-state index contributed by atoms with van der Waals surface area (Å²) in [5.74, 6) is 0.688. The minimum atomic E-state index is 0.688. The first-order chi connectivity index (χ1) is 13.2. The van der Waals surface area contributed by atoms with Gasteiger partial charge in [-0.25, -0.2) is 4.98 Å². The van der Waals surface area contributed by atoms with Gasteiger partial charge in [0.2, 0.25) is 0 Å². The number of hydrogen-bond acceptors (Lipinski definition) is 3. The fourth-order valence-electron chi connectivity index (χ4n) is 3.74. The molecule has 0 radical (unpaired) electrons. The van der Waals surface area contributed by atoms with Gasteiger partial charge in [0.05, 0.1) is 11.2 Å². The highest BCUT2D eigenvalue weighted by Gasteiger charge is 2.24. The first kappa shape index (κ1) is 16.0. The van der Waals surface area contributed by atoms with Crippen LogP contribution in [0.2, 0.25) is 0 Å². The van der Waals surface area contributed by atoms with E-state index in [4.69, 9.17) is 10.7 Å². The van der Waals surface area contributed by atoms with Crippen LogP contribution in [0.15, 0.2) is 66.9 Å². The van der Waals surface area contributed by atoms with Crippen molar-refractivity contribution in [3.05, 3.63) is 78.1 Å². The molecule has 3 heteroatoms. The monoisotopic (exact) mass is 351 g/mol. The molecule has 1 aliphatic rings. The Morgan fingerprint density at radius 1 is 0.926 bits per heavy atom. The standard InChI is InChI=1S/C24H21N3/c1-15-20-14-21(17-5-3-2-4-6-17)24(27-23(20)11-12-26-15)19-10-9-18(13-22(19)25)16-7-8-16/h2-6,9-14,16H,7-8,25H2,1H3. The number of aryl methyl sites for hydroxylation is 1. The number of pyridine rings is 2. The molecule has 0 saturated heterocycles. The van der Waals surface area contributed by atoms with Crippen LogP contribution in [0.3, 0.4) is 0 Å². The quantitative estimate of drug-likeness (QED) is 0.479. The summed E-state index contributed by atoms with van der Waals surface area (Å²) in [6.07, 6.45) is 4.36. The summed E-state index contributed by atoms with van der Waals surface area (Å²) in [7, 11) is 0. The van der Waals surface area contributed by atoms with Gasteiger partial charge in [-0.05, 0) is 55.0 Å². The fourth-order valence-corrected chi connectivity index (χ4v) is 3.74. The Hall–Kier alpha value is -3.20. The molecule has 2 heterocycles. The summed E-state index contributed by atoms with van der Waals surface area (Å²) in [4.78, 5) is 9.45. The number of rotatable bonds is 3. The van der Waals surface area contributed by atoms with Crippen molar-refractivity contribution >= 4 is 16.6 Å². The van der Waals surface area contributed by atoms with Crippen molar-refractivity contribution in [1.29, 1.82) is 0 Å². The second-order valence-corrected chi connectivity index (χ2v) is 7.33. The van der Waals surface area contributed by atoms with Gasteiger partial charge in [0.15, 0.2) is 0 Å². The van der Waals surface area contributed by atoms with Gasteiger partial charge in [0.25, 0.3) is 0 Å². The number of fused-ring (bicyclic) bond motifs is 1. The van der Waals surface area contributed by atoms with Crippen LogP contribution < -0.4 is 5.73 Å². The van der Waals surface area contributed by atoms with Crippen LogP contribution in [-0.2, 0) is 0 Å². The van der Waals surface area contributed by atoms with Gasteiger partial charge in [0, 0.05) is 34.1 Å². The molecule has 0 unspecified atom stereocenters. The van der Waals surface area contributed by atoms with E-state index in [-0.39, 0.29) is 0 Å². The van der Waals surface area contributed by atoms with Gasteiger partial charge in [0.1, 0.15) is 0 Å². The maximum Gasteiger partial charge on any atom is 0.0808 e. The van der Waals surface area contributed by atoms with Crippen LogP contribution in [0, 0.1) is 6.92 Å². The van der Waals surface area contributed by atoms with Gasteiger partial charge >= 0.3 is 0 Å². The zero-order valence-corrected chi connectivity index (χ0v) is 15.3. The second kappa shape index (κ2) is 6.20. The first-order valence-electron chi connectivity index (χ1n) is 9.42. The Balaban J connectivity index is 1.77. The highest BCUT2D eigenvalue weighted by Crippen LogP contribution is 2.43. The third kappa shape index (κ3) is 2.85. The zero-order valence-electron chi connectivity index (χ0n) is 15.3. The molecule has 4 aromatic rings. The maximum absolute atomic E-state index is 6.49. The third-order valence-electron chi connectivity index (χ3n) is 5.41. The van der Waals surface area contributed by atoms with Crippen molar-refractivity contribution in [3.8, 4) is 22.4 Å². The molecule has 2 N–H and O–H groups in total. The highest BCUT2D eigenvalue weighted by atomic mass is 14.7. The molecule has 5 rings (SSSR count). The number of nitrogen functional groups attached to an aromatic ring is 1. The number of anilines is 1. The van der Waals surface area contributed by atoms with Gasteiger partial charge in [-0.2, -0.15) is 0 Å². The summed E-state index contributed by atoms with van der Waals surface area (Å²) in [5, 5.41) is 1.08. The Kier molecular flexibility index (Phi) is 3.68. The molecule has 0 spiro atoms. The van der Waals surface area contributed by atoms with E-state index in [0.717, 1.165) is 44.7 Å². The molecule has 2 aromatic carbocycles. The van der Waals surface area contributed by atoms with Crippen molar-refractivity contribution in [2.75, 3.05) is 5.73 Å².